The van der Waals surface area contributed by atoms with Crippen LogP contribution in [0.1, 0.15) is 37.9 Å². The maximum absolute atomic E-state index is 13.1. The molecule has 1 aliphatic carbocycles. The average Bonchev–Trinajstić information content (AvgIpc) is 3.43. The van der Waals surface area contributed by atoms with Crippen LogP contribution in [-0.2, 0) is 14.9 Å². The van der Waals surface area contributed by atoms with Gasteiger partial charge in [0.1, 0.15) is 5.82 Å². The summed E-state index contributed by atoms with van der Waals surface area (Å²) in [5.41, 5.74) is 0.427. The molecule has 1 amide bonds. The number of methoxy groups -OCH3 is 1. The Labute approximate surface area is 157 Å². The molecule has 0 unspecified atom stereocenters. The van der Waals surface area contributed by atoms with Gasteiger partial charge in [-0.05, 0) is 56.4 Å². The molecule has 2 aromatic rings. The molecule has 6 nitrogen and oxygen atoms in total. The van der Waals surface area contributed by atoms with Crippen LogP contribution >= 0.6 is 0 Å². The fraction of sp³-hybridized carbons (Fsp3) is 0.550. The number of nitrogens with zero attached hydrogens (tertiary/aromatic N) is 3. The van der Waals surface area contributed by atoms with Gasteiger partial charge in [0.2, 0.25) is 5.91 Å². The summed E-state index contributed by atoms with van der Waals surface area (Å²) >= 11 is 0. The van der Waals surface area contributed by atoms with Gasteiger partial charge in [0.05, 0.1) is 0 Å². The summed E-state index contributed by atoms with van der Waals surface area (Å²) in [5.74, 6) is 1.26. The van der Waals surface area contributed by atoms with E-state index >= 15 is 0 Å². The third-order valence-electron chi connectivity index (χ3n) is 5.74. The van der Waals surface area contributed by atoms with Crippen LogP contribution in [0.15, 0.2) is 28.8 Å². The number of benzene rings is 1. The van der Waals surface area contributed by atoms with Crippen LogP contribution in [0.5, 0.6) is 0 Å². The second kappa shape index (κ2) is 7.38. The Balaban J connectivity index is 1.53. The van der Waals surface area contributed by atoms with Crippen molar-refractivity contribution in [3.63, 3.8) is 0 Å². The Morgan fingerprint density at radius 2 is 2.00 bits per heavy atom. The van der Waals surface area contributed by atoms with Gasteiger partial charge in [-0.1, -0.05) is 5.16 Å². The number of rotatable bonds is 6. The zero-order valence-electron chi connectivity index (χ0n) is 15.5. The van der Waals surface area contributed by atoms with E-state index in [-0.39, 0.29) is 23.1 Å². The van der Waals surface area contributed by atoms with E-state index in [1.807, 2.05) is 4.90 Å². The van der Waals surface area contributed by atoms with Crippen molar-refractivity contribution < 1.29 is 18.4 Å². The normalized spacial score (nSPS) is 19.3. The molecule has 0 spiro atoms. The third kappa shape index (κ3) is 3.74. The number of ether oxygens (including phenoxy) is 1. The molecular formula is C20H24FN3O3. The highest BCUT2D eigenvalue weighted by molar-refractivity contribution is 5.81. The van der Waals surface area contributed by atoms with Crippen molar-refractivity contribution in [2.75, 3.05) is 26.8 Å². The van der Waals surface area contributed by atoms with E-state index in [9.17, 15) is 9.18 Å². The number of likely N-dealkylation sites (tertiary alicyclic amines) is 1. The maximum Gasteiger partial charge on any atom is 0.257 e. The molecule has 0 atom stereocenters. The fourth-order valence-electron chi connectivity index (χ4n) is 3.78. The second-order valence-electron chi connectivity index (χ2n) is 7.55. The molecule has 1 aromatic carbocycles. The molecule has 1 saturated heterocycles. The minimum atomic E-state index is -0.303. The predicted octanol–water partition coefficient (Wildman–Crippen LogP) is 3.18. The highest BCUT2D eigenvalue weighted by Gasteiger charge is 2.43. The van der Waals surface area contributed by atoms with Crippen molar-refractivity contribution in [2.45, 2.75) is 37.5 Å². The van der Waals surface area contributed by atoms with Gasteiger partial charge in [0, 0.05) is 43.7 Å². The molecule has 1 aliphatic heterocycles. The highest BCUT2D eigenvalue weighted by Crippen LogP contribution is 2.40. The first-order chi connectivity index (χ1) is 13.1. The van der Waals surface area contributed by atoms with Crippen LogP contribution in [0.2, 0.25) is 0 Å². The molecule has 0 N–H and O–H groups in total. The molecule has 0 bridgehead atoms. The number of halogens is 1. The standard InChI is InChI=1S/C20H24FN3O3/c1-26-13-10-20(8-11-24(12-9-20)18(25)15-2-3-15)19-22-17(27-23-19)14-4-6-16(21)7-5-14/h4-7,15H,2-3,8-13H2,1H3. The first kappa shape index (κ1) is 18.1. The van der Waals surface area contributed by atoms with Crippen molar-refractivity contribution in [1.82, 2.24) is 15.0 Å². The van der Waals surface area contributed by atoms with E-state index in [1.165, 1.54) is 12.1 Å². The zero-order chi connectivity index (χ0) is 18.9. The summed E-state index contributed by atoms with van der Waals surface area (Å²) < 4.78 is 23.9. The summed E-state index contributed by atoms with van der Waals surface area (Å²) in [6.07, 6.45) is 4.40. The smallest absolute Gasteiger partial charge is 0.257 e. The molecule has 1 aromatic heterocycles. The number of hydrogen-bond donors (Lipinski definition) is 0. The molecule has 0 radical (unpaired) electrons. The average molecular weight is 373 g/mol. The summed E-state index contributed by atoms with van der Waals surface area (Å²) in [6.45, 7) is 2.01. The Morgan fingerprint density at radius 1 is 1.30 bits per heavy atom. The lowest BCUT2D eigenvalue weighted by Gasteiger charge is -2.40. The van der Waals surface area contributed by atoms with E-state index < -0.39 is 0 Å². The Bertz CT molecular complexity index is 793. The lowest BCUT2D eigenvalue weighted by molar-refractivity contribution is -0.134. The molecule has 4 rings (SSSR count). The Kier molecular flexibility index (Phi) is 4.95. The van der Waals surface area contributed by atoms with Crippen LogP contribution in [-0.4, -0.2) is 47.8 Å². The van der Waals surface area contributed by atoms with Gasteiger partial charge in [0.15, 0.2) is 5.82 Å². The maximum atomic E-state index is 13.1. The Hall–Kier alpha value is -2.28. The largest absolute Gasteiger partial charge is 0.385 e. The van der Waals surface area contributed by atoms with Gasteiger partial charge < -0.3 is 14.2 Å². The van der Waals surface area contributed by atoms with Crippen molar-refractivity contribution in [1.29, 1.82) is 0 Å². The van der Waals surface area contributed by atoms with E-state index in [2.05, 4.69) is 10.1 Å². The summed E-state index contributed by atoms with van der Waals surface area (Å²) in [4.78, 5) is 19.0. The monoisotopic (exact) mass is 373 g/mol. The molecule has 7 heteroatoms. The van der Waals surface area contributed by atoms with Gasteiger partial charge in [0.25, 0.3) is 5.89 Å². The van der Waals surface area contributed by atoms with Crippen molar-refractivity contribution in [3.8, 4) is 11.5 Å². The minimum Gasteiger partial charge on any atom is -0.385 e. The molecule has 2 fully saturated rings. The summed E-state index contributed by atoms with van der Waals surface area (Å²) in [7, 11) is 1.68. The van der Waals surface area contributed by atoms with Crippen LogP contribution in [0.25, 0.3) is 11.5 Å². The van der Waals surface area contributed by atoms with E-state index in [1.54, 1.807) is 19.2 Å². The number of carbonyl (C=O) groups excluding carboxylic acids is 1. The van der Waals surface area contributed by atoms with Gasteiger partial charge in [-0.25, -0.2) is 4.39 Å². The SMILES string of the molecule is COCCC1(c2noc(-c3ccc(F)cc3)n2)CCN(C(=O)C2CC2)CC1. The molecule has 144 valence electrons. The lowest BCUT2D eigenvalue weighted by Crippen LogP contribution is -2.46. The van der Waals surface area contributed by atoms with E-state index in [4.69, 9.17) is 9.26 Å². The van der Waals surface area contributed by atoms with Gasteiger partial charge in [-0.3, -0.25) is 4.79 Å². The molecule has 2 heterocycles. The predicted molar refractivity (Wildman–Crippen MR) is 96.4 cm³/mol. The fourth-order valence-corrected chi connectivity index (χ4v) is 3.78. The number of hydrogen-bond acceptors (Lipinski definition) is 5. The topological polar surface area (TPSA) is 68.5 Å². The first-order valence-electron chi connectivity index (χ1n) is 9.49. The summed E-state index contributed by atoms with van der Waals surface area (Å²) in [6, 6.07) is 6.01. The zero-order valence-corrected chi connectivity index (χ0v) is 15.5. The van der Waals surface area contributed by atoms with Crippen LogP contribution in [0.3, 0.4) is 0 Å². The van der Waals surface area contributed by atoms with Crippen molar-refractivity contribution >= 4 is 5.91 Å². The molecule has 27 heavy (non-hydrogen) atoms. The molecular weight excluding hydrogens is 349 g/mol. The highest BCUT2D eigenvalue weighted by atomic mass is 19.1. The van der Waals surface area contributed by atoms with E-state index in [0.29, 0.717) is 37.0 Å². The quantitative estimate of drug-likeness (QED) is 0.778. The lowest BCUT2D eigenvalue weighted by atomic mass is 9.75. The minimum absolute atomic E-state index is 0.242. The summed E-state index contributed by atoms with van der Waals surface area (Å²) in [5, 5.41) is 4.24. The van der Waals surface area contributed by atoms with Crippen LogP contribution in [0, 0.1) is 11.7 Å². The number of amides is 1. The molecule has 1 saturated carbocycles. The van der Waals surface area contributed by atoms with Crippen LogP contribution < -0.4 is 0 Å². The second-order valence-corrected chi connectivity index (χ2v) is 7.55. The van der Waals surface area contributed by atoms with Crippen molar-refractivity contribution in [3.05, 3.63) is 35.9 Å². The number of carbonyl (C=O) groups is 1. The Morgan fingerprint density at radius 3 is 2.63 bits per heavy atom. The van der Waals surface area contributed by atoms with Gasteiger partial charge >= 0.3 is 0 Å². The number of piperidine rings is 1. The van der Waals surface area contributed by atoms with Crippen molar-refractivity contribution in [2.24, 2.45) is 5.92 Å². The van der Waals surface area contributed by atoms with Crippen LogP contribution in [0.4, 0.5) is 4.39 Å². The van der Waals surface area contributed by atoms with Gasteiger partial charge in [-0.2, -0.15) is 4.98 Å². The third-order valence-corrected chi connectivity index (χ3v) is 5.74. The first-order valence-corrected chi connectivity index (χ1v) is 9.49. The van der Waals surface area contributed by atoms with Gasteiger partial charge in [-0.15, -0.1) is 0 Å². The van der Waals surface area contributed by atoms with E-state index in [0.717, 1.165) is 32.1 Å². The molecule has 2 aliphatic rings. The number of aromatic nitrogens is 2.